The number of hydrogen-bond acceptors (Lipinski definition) is 13. The van der Waals surface area contributed by atoms with Gasteiger partial charge >= 0.3 is 19.8 Å². The van der Waals surface area contributed by atoms with Gasteiger partial charge in [-0.15, -0.1) is 0 Å². The van der Waals surface area contributed by atoms with Crippen molar-refractivity contribution in [2.75, 3.05) is 60.7 Å². The number of likely N-dealkylation sites (N-methyl/N-ethyl adjacent to an activating group) is 1. The Balaban J connectivity index is 1.17. The first-order valence-corrected chi connectivity index (χ1v) is 32.6. The van der Waals surface area contributed by atoms with Crippen LogP contribution in [0.25, 0.3) is 24.3 Å². The minimum atomic E-state index is -4.55. The Morgan fingerprint density at radius 2 is 0.854 bits per heavy atom. The molecule has 82 heavy (non-hydrogen) atoms. The molecule has 0 aliphatic rings. The van der Waals surface area contributed by atoms with Crippen molar-refractivity contribution in [2.45, 2.75) is 200 Å². The molecule has 0 fully saturated rings. The summed E-state index contributed by atoms with van der Waals surface area (Å²) < 4.78 is 46.6. The van der Waals surface area contributed by atoms with E-state index in [-0.39, 0.29) is 17.7 Å². The smallest absolute Gasteiger partial charge is 0.472 e. The van der Waals surface area contributed by atoms with Crippen molar-refractivity contribution in [3.8, 4) is 11.8 Å². The first-order valence-electron chi connectivity index (χ1n) is 31.1. The van der Waals surface area contributed by atoms with Crippen LogP contribution in [-0.4, -0.2) is 108 Å². The summed E-state index contributed by atoms with van der Waals surface area (Å²) in [6, 6.07) is 13.4. The third-order valence-electron chi connectivity index (χ3n) is 14.1. The van der Waals surface area contributed by atoms with Crippen molar-refractivity contribution >= 4 is 44.1 Å². The van der Waals surface area contributed by atoms with Gasteiger partial charge in [0.1, 0.15) is 19.8 Å². The number of esters is 2. The molecule has 0 spiro atoms. The van der Waals surface area contributed by atoms with Crippen LogP contribution in [0.15, 0.2) is 73.3 Å². The van der Waals surface area contributed by atoms with E-state index in [1.54, 1.807) is 73.3 Å². The molecule has 1 N–H and O–H groups in total. The van der Waals surface area contributed by atoms with Gasteiger partial charge in [-0.3, -0.25) is 9.05 Å². The molecular formula is C66H101N5O10P+. The fourth-order valence-corrected chi connectivity index (χ4v) is 9.72. The topological polar surface area (TPSA) is 178 Å². The van der Waals surface area contributed by atoms with Crippen LogP contribution in [0, 0.1) is 0 Å². The standard InChI is InChI=1S/C66H100N5O10P/c1-6-8-10-12-14-16-18-20-22-24-26-28-30-32-47-76-63-52-67-60(50-69-63)44-38-56-34-40-58(41-35-56)65(72)78-54-62(55-80-82(74,75)79-49-46-71(3,4)5)81-66(73)59-42-36-57(37-43-59)39-45-61-51-70-64(53-68-61)77-48-33-31-29-27-25-23-21-19-17-15-13-11-9-7-2/h34-45,50-53,62H,6-33,46-49,54-55H2,1-5H3/p+1/b44-38+,45-39+/t62-/m1/s1. The van der Waals surface area contributed by atoms with E-state index >= 15 is 0 Å². The summed E-state index contributed by atoms with van der Waals surface area (Å²) in [5.74, 6) is -0.459. The van der Waals surface area contributed by atoms with E-state index in [1.807, 2.05) is 45.4 Å². The Bertz CT molecular complexity index is 2400. The van der Waals surface area contributed by atoms with Crippen molar-refractivity contribution < 1.29 is 51.5 Å². The average molecular weight is 1160 g/mol. The molecular weight excluding hydrogens is 1050 g/mol. The highest BCUT2D eigenvalue weighted by Gasteiger charge is 2.27. The zero-order chi connectivity index (χ0) is 58.8. The summed E-state index contributed by atoms with van der Waals surface area (Å²) in [5.41, 5.74) is 3.33. The van der Waals surface area contributed by atoms with Gasteiger partial charge in [0, 0.05) is 0 Å². The number of benzene rings is 2. The second-order valence-corrected chi connectivity index (χ2v) is 24.0. The van der Waals surface area contributed by atoms with Crippen LogP contribution in [0.1, 0.15) is 237 Å². The van der Waals surface area contributed by atoms with Crippen LogP contribution in [0.4, 0.5) is 0 Å². The molecule has 2 aromatic heterocycles. The summed E-state index contributed by atoms with van der Waals surface area (Å²) in [5, 5.41) is 0. The van der Waals surface area contributed by atoms with Gasteiger partial charge in [0.05, 0.1) is 88.3 Å². The summed E-state index contributed by atoms with van der Waals surface area (Å²) >= 11 is 0. The lowest BCUT2D eigenvalue weighted by atomic mass is 10.0. The summed E-state index contributed by atoms with van der Waals surface area (Å²) in [7, 11) is 1.20. The van der Waals surface area contributed by atoms with Gasteiger partial charge in [0.25, 0.3) is 0 Å². The molecule has 16 heteroatoms. The van der Waals surface area contributed by atoms with Crippen molar-refractivity contribution in [3.63, 3.8) is 0 Å². The minimum absolute atomic E-state index is 0.0527. The number of rotatable bonds is 48. The van der Waals surface area contributed by atoms with Gasteiger partial charge in [-0.1, -0.05) is 217 Å². The van der Waals surface area contributed by atoms with Gasteiger partial charge in [-0.25, -0.2) is 34.1 Å². The Hall–Kier alpha value is -5.31. The van der Waals surface area contributed by atoms with Crippen molar-refractivity contribution in [1.29, 1.82) is 0 Å². The number of aromatic nitrogens is 4. The summed E-state index contributed by atoms with van der Waals surface area (Å²) in [6.45, 7) is 5.10. The van der Waals surface area contributed by atoms with E-state index in [0.717, 1.165) is 36.8 Å². The molecule has 2 atom stereocenters. The molecule has 454 valence electrons. The number of carbonyl (C=O) groups is 2. The van der Waals surface area contributed by atoms with Gasteiger partial charge in [0.15, 0.2) is 6.10 Å². The van der Waals surface area contributed by atoms with Crippen molar-refractivity contribution in [1.82, 2.24) is 19.9 Å². The fraction of sp³-hybridized carbons (Fsp3) is 0.606. The van der Waals surface area contributed by atoms with Gasteiger partial charge in [0.2, 0.25) is 11.8 Å². The van der Waals surface area contributed by atoms with Crippen molar-refractivity contribution in [2.24, 2.45) is 0 Å². The quantitative estimate of drug-likeness (QED) is 0.0191. The number of nitrogens with zero attached hydrogens (tertiary/aromatic N) is 5. The molecule has 1 unspecified atom stereocenters. The number of phosphoric ester groups is 1. The van der Waals surface area contributed by atoms with Crippen LogP contribution in [0.3, 0.4) is 0 Å². The summed E-state index contributed by atoms with van der Waals surface area (Å²) in [6.07, 6.45) is 49.3. The van der Waals surface area contributed by atoms with E-state index < -0.39 is 39.1 Å². The lowest BCUT2D eigenvalue weighted by molar-refractivity contribution is -0.870. The zero-order valence-electron chi connectivity index (χ0n) is 50.7. The molecule has 0 saturated heterocycles. The van der Waals surface area contributed by atoms with E-state index in [4.69, 9.17) is 28.0 Å². The molecule has 4 aromatic rings. The van der Waals surface area contributed by atoms with E-state index in [9.17, 15) is 19.0 Å². The predicted molar refractivity (Wildman–Crippen MR) is 331 cm³/mol. The van der Waals surface area contributed by atoms with Crippen LogP contribution in [-0.2, 0) is 23.1 Å². The number of ether oxygens (including phenoxy) is 4. The molecule has 0 bridgehead atoms. The first kappa shape index (κ1) is 69.2. The molecule has 0 radical (unpaired) electrons. The van der Waals surface area contributed by atoms with E-state index in [0.29, 0.717) is 47.4 Å². The molecule has 2 heterocycles. The largest absolute Gasteiger partial charge is 0.477 e. The Morgan fingerprint density at radius 1 is 0.476 bits per heavy atom. The highest BCUT2D eigenvalue weighted by Crippen LogP contribution is 2.43. The second kappa shape index (κ2) is 42.5. The molecule has 4 rings (SSSR count). The van der Waals surface area contributed by atoms with Crippen molar-refractivity contribution in [3.05, 3.63) is 107 Å². The molecule has 15 nitrogen and oxygen atoms in total. The Kier molecular flexibility index (Phi) is 35.8. The zero-order valence-corrected chi connectivity index (χ0v) is 51.6. The lowest BCUT2D eigenvalue weighted by Gasteiger charge is -2.24. The molecule has 0 saturated carbocycles. The van der Waals surface area contributed by atoms with Crippen LogP contribution < -0.4 is 9.47 Å². The maximum absolute atomic E-state index is 13.4. The van der Waals surface area contributed by atoms with E-state index in [1.165, 1.54) is 154 Å². The number of quaternary nitrogens is 1. The number of hydrogen-bond donors (Lipinski definition) is 1. The van der Waals surface area contributed by atoms with Gasteiger partial charge in [-0.2, -0.15) is 0 Å². The second-order valence-electron chi connectivity index (χ2n) is 22.6. The number of unbranched alkanes of at least 4 members (excludes halogenated alkanes) is 26. The highest BCUT2D eigenvalue weighted by molar-refractivity contribution is 7.47. The molecule has 0 amide bonds. The lowest BCUT2D eigenvalue weighted by Crippen LogP contribution is -2.37. The Labute approximate surface area is 492 Å². The summed E-state index contributed by atoms with van der Waals surface area (Å²) in [4.78, 5) is 54.9. The third kappa shape index (κ3) is 33.7. The SMILES string of the molecule is CCCCCCCCCCCCCCCCOc1cnc(/C=C/c2ccc(C(=O)OC[C@H](COP(=O)(O)OCC[N+](C)(C)C)OC(=O)c3ccc(/C=C/c4cnc(OCCCCCCCCCCCCCCCC)cn4)cc3)cc2)cn1. The maximum Gasteiger partial charge on any atom is 0.472 e. The number of carbonyl (C=O) groups excluding carboxylic acids is 2. The number of phosphoric acid groups is 1. The maximum atomic E-state index is 13.4. The molecule has 0 aliphatic carbocycles. The predicted octanol–water partition coefficient (Wildman–Crippen LogP) is 16.5. The van der Waals surface area contributed by atoms with Gasteiger partial charge < -0.3 is 28.3 Å². The first-order chi connectivity index (χ1) is 39.8. The monoisotopic (exact) mass is 1150 g/mol. The van der Waals surface area contributed by atoms with Gasteiger partial charge in [-0.05, 0) is 60.4 Å². The minimum Gasteiger partial charge on any atom is -0.477 e. The van der Waals surface area contributed by atoms with E-state index in [2.05, 4.69) is 33.8 Å². The normalized spacial score (nSPS) is 12.9. The van der Waals surface area contributed by atoms with Crippen LogP contribution >= 0.6 is 7.82 Å². The fourth-order valence-electron chi connectivity index (χ4n) is 8.98. The van der Waals surface area contributed by atoms with Crippen LogP contribution in [0.5, 0.6) is 11.8 Å². The molecule has 2 aromatic carbocycles. The molecule has 0 aliphatic heterocycles. The average Bonchev–Trinajstić information content (AvgIpc) is 3.51. The Morgan fingerprint density at radius 3 is 1.22 bits per heavy atom. The van der Waals surface area contributed by atoms with Crippen LogP contribution in [0.2, 0.25) is 0 Å². The highest BCUT2D eigenvalue weighted by atomic mass is 31.2. The third-order valence-corrected chi connectivity index (χ3v) is 15.1.